The number of aliphatic carboxylic acids is 1. The molecule has 1 unspecified atom stereocenters. The number of nitrogens with zero attached hydrogens (tertiary/aromatic N) is 2. The van der Waals surface area contributed by atoms with E-state index >= 15 is 0 Å². The van der Waals surface area contributed by atoms with E-state index in [2.05, 4.69) is 4.74 Å². The first-order chi connectivity index (χ1) is 8.79. The van der Waals surface area contributed by atoms with Crippen molar-refractivity contribution in [2.45, 2.75) is 19.8 Å². The Morgan fingerprint density at radius 1 is 1.21 bits per heavy atom. The van der Waals surface area contributed by atoms with Crippen LogP contribution < -0.4 is 0 Å². The third-order valence-electron chi connectivity index (χ3n) is 2.69. The SMILES string of the molecule is COC(=O)C(C)CN(C)C(=O)N(C)CCCC(=O)O. The number of methoxy groups -OCH3 is 1. The fourth-order valence-corrected chi connectivity index (χ4v) is 1.62. The number of carbonyl (C=O) groups is 3. The van der Waals surface area contributed by atoms with E-state index in [9.17, 15) is 14.4 Å². The molecule has 1 N–H and O–H groups in total. The Bertz CT molecular complexity index is 332. The van der Waals surface area contributed by atoms with E-state index in [1.807, 2.05) is 0 Å². The van der Waals surface area contributed by atoms with Gasteiger partial charge in [-0.15, -0.1) is 0 Å². The number of carbonyl (C=O) groups excluding carboxylic acids is 2. The lowest BCUT2D eigenvalue weighted by Crippen LogP contribution is -2.42. The molecule has 0 aliphatic heterocycles. The Hall–Kier alpha value is -1.79. The second-order valence-corrected chi connectivity index (χ2v) is 4.51. The smallest absolute Gasteiger partial charge is 0.319 e. The molecule has 0 aromatic heterocycles. The van der Waals surface area contributed by atoms with Gasteiger partial charge >= 0.3 is 18.0 Å². The molecule has 0 bridgehead atoms. The monoisotopic (exact) mass is 274 g/mol. The Morgan fingerprint density at radius 2 is 1.79 bits per heavy atom. The van der Waals surface area contributed by atoms with Gasteiger partial charge in [0.1, 0.15) is 0 Å². The maximum atomic E-state index is 11.9. The molecule has 0 aliphatic rings. The molecule has 0 rings (SSSR count). The molecule has 0 radical (unpaired) electrons. The predicted molar refractivity (Wildman–Crippen MR) is 68.7 cm³/mol. The van der Waals surface area contributed by atoms with Crippen LogP contribution >= 0.6 is 0 Å². The van der Waals surface area contributed by atoms with E-state index in [4.69, 9.17) is 5.11 Å². The molecule has 0 spiro atoms. The van der Waals surface area contributed by atoms with Gasteiger partial charge in [0, 0.05) is 33.6 Å². The number of ether oxygens (including phenoxy) is 1. The largest absolute Gasteiger partial charge is 0.481 e. The maximum Gasteiger partial charge on any atom is 0.319 e. The van der Waals surface area contributed by atoms with Gasteiger partial charge in [0.25, 0.3) is 0 Å². The Labute approximate surface area is 113 Å². The van der Waals surface area contributed by atoms with E-state index < -0.39 is 11.9 Å². The zero-order valence-electron chi connectivity index (χ0n) is 11.9. The van der Waals surface area contributed by atoms with Gasteiger partial charge in [0.05, 0.1) is 13.0 Å². The lowest BCUT2D eigenvalue weighted by Gasteiger charge is -2.26. The summed E-state index contributed by atoms with van der Waals surface area (Å²) in [5, 5.41) is 8.52. The lowest BCUT2D eigenvalue weighted by atomic mass is 10.2. The number of hydrogen-bond donors (Lipinski definition) is 1. The van der Waals surface area contributed by atoms with Crippen LogP contribution in [0.25, 0.3) is 0 Å². The standard InChI is InChI=1S/C12H22N2O5/c1-9(11(17)19-4)8-14(3)12(18)13(2)7-5-6-10(15)16/h9H,5-8H2,1-4H3,(H,15,16). The van der Waals surface area contributed by atoms with Crippen molar-refractivity contribution in [1.29, 1.82) is 0 Å². The molecule has 0 fully saturated rings. The van der Waals surface area contributed by atoms with Gasteiger partial charge in [-0.05, 0) is 6.42 Å². The molecule has 0 aromatic carbocycles. The number of urea groups is 1. The highest BCUT2D eigenvalue weighted by Gasteiger charge is 2.20. The molecule has 0 saturated heterocycles. The van der Waals surface area contributed by atoms with Crippen molar-refractivity contribution in [1.82, 2.24) is 9.80 Å². The number of esters is 1. The van der Waals surface area contributed by atoms with E-state index in [-0.39, 0.29) is 25.0 Å². The predicted octanol–water partition coefficient (Wildman–Crippen LogP) is 0.644. The fraction of sp³-hybridized carbons (Fsp3) is 0.750. The average molecular weight is 274 g/mol. The topological polar surface area (TPSA) is 87.2 Å². The van der Waals surface area contributed by atoms with E-state index in [0.717, 1.165) is 0 Å². The van der Waals surface area contributed by atoms with Crippen LogP contribution in [0.15, 0.2) is 0 Å². The van der Waals surface area contributed by atoms with Gasteiger partial charge in [-0.3, -0.25) is 9.59 Å². The normalized spacial score (nSPS) is 11.6. The maximum absolute atomic E-state index is 11.9. The highest BCUT2D eigenvalue weighted by Crippen LogP contribution is 2.04. The molecule has 1 atom stereocenters. The summed E-state index contributed by atoms with van der Waals surface area (Å²) in [6.45, 7) is 2.30. The number of hydrogen-bond acceptors (Lipinski definition) is 4. The number of carboxylic acid groups (broad SMARTS) is 1. The summed E-state index contributed by atoms with van der Waals surface area (Å²) in [4.78, 5) is 36.4. The van der Waals surface area contributed by atoms with Crippen molar-refractivity contribution in [3.63, 3.8) is 0 Å². The Morgan fingerprint density at radius 3 is 2.26 bits per heavy atom. The number of rotatable bonds is 7. The summed E-state index contributed by atoms with van der Waals surface area (Å²) in [6.07, 6.45) is 0.428. The average Bonchev–Trinajstić information content (AvgIpc) is 2.35. The molecular weight excluding hydrogens is 252 g/mol. The molecule has 0 heterocycles. The third kappa shape index (κ3) is 6.64. The molecule has 0 aliphatic carbocycles. The molecule has 0 aromatic rings. The van der Waals surface area contributed by atoms with Crippen LogP contribution in [0, 0.1) is 5.92 Å². The minimum atomic E-state index is -0.881. The first kappa shape index (κ1) is 17.2. The van der Waals surface area contributed by atoms with Crippen molar-refractivity contribution in [2.75, 3.05) is 34.3 Å². The molecule has 7 nitrogen and oxygen atoms in total. The van der Waals surface area contributed by atoms with Crippen molar-refractivity contribution < 1.29 is 24.2 Å². The van der Waals surface area contributed by atoms with Crippen LogP contribution in [0.2, 0.25) is 0 Å². The molecule has 19 heavy (non-hydrogen) atoms. The van der Waals surface area contributed by atoms with E-state index in [1.165, 1.54) is 16.9 Å². The van der Waals surface area contributed by atoms with Crippen molar-refractivity contribution in [3.05, 3.63) is 0 Å². The van der Waals surface area contributed by atoms with Gasteiger partial charge in [-0.2, -0.15) is 0 Å². The van der Waals surface area contributed by atoms with Gasteiger partial charge in [-0.25, -0.2) is 4.79 Å². The van der Waals surface area contributed by atoms with Crippen LogP contribution in [0.3, 0.4) is 0 Å². The minimum Gasteiger partial charge on any atom is -0.481 e. The van der Waals surface area contributed by atoms with Crippen LogP contribution in [-0.4, -0.2) is 67.2 Å². The van der Waals surface area contributed by atoms with Crippen LogP contribution in [0.1, 0.15) is 19.8 Å². The zero-order valence-corrected chi connectivity index (χ0v) is 11.9. The zero-order chi connectivity index (χ0) is 15.0. The van der Waals surface area contributed by atoms with Gasteiger partial charge in [0.15, 0.2) is 0 Å². The molecule has 2 amide bonds. The molecule has 110 valence electrons. The number of carboxylic acids is 1. The van der Waals surface area contributed by atoms with Crippen LogP contribution in [0.4, 0.5) is 4.79 Å². The van der Waals surface area contributed by atoms with Gasteiger partial charge in [-0.1, -0.05) is 6.92 Å². The summed E-state index contributed by atoms with van der Waals surface area (Å²) in [6, 6.07) is -0.249. The van der Waals surface area contributed by atoms with Crippen LogP contribution in [0.5, 0.6) is 0 Å². The lowest BCUT2D eigenvalue weighted by molar-refractivity contribution is -0.145. The summed E-state index contributed by atoms with van der Waals surface area (Å²) in [5.41, 5.74) is 0. The summed E-state index contributed by atoms with van der Waals surface area (Å²) < 4.78 is 4.59. The van der Waals surface area contributed by atoms with Crippen molar-refractivity contribution in [2.24, 2.45) is 5.92 Å². The second-order valence-electron chi connectivity index (χ2n) is 4.51. The fourth-order valence-electron chi connectivity index (χ4n) is 1.62. The van der Waals surface area contributed by atoms with E-state index in [1.54, 1.807) is 21.0 Å². The highest BCUT2D eigenvalue weighted by atomic mass is 16.5. The third-order valence-corrected chi connectivity index (χ3v) is 2.69. The first-order valence-electron chi connectivity index (χ1n) is 6.05. The summed E-state index contributed by atoms with van der Waals surface area (Å²) in [5.74, 6) is -1.65. The summed E-state index contributed by atoms with van der Waals surface area (Å²) >= 11 is 0. The van der Waals surface area contributed by atoms with Gasteiger partial charge < -0.3 is 19.6 Å². The minimum absolute atomic E-state index is 0.0277. The molecular formula is C12H22N2O5. The Balaban J connectivity index is 4.17. The Kier molecular flexibility index (Phi) is 7.55. The quantitative estimate of drug-likeness (QED) is 0.688. The van der Waals surface area contributed by atoms with Crippen molar-refractivity contribution >= 4 is 18.0 Å². The summed E-state index contributed by atoms with van der Waals surface area (Å²) in [7, 11) is 4.50. The molecule has 0 saturated carbocycles. The highest BCUT2D eigenvalue weighted by molar-refractivity contribution is 5.76. The number of amides is 2. The second kappa shape index (κ2) is 8.34. The first-order valence-corrected chi connectivity index (χ1v) is 6.05. The van der Waals surface area contributed by atoms with Crippen LogP contribution in [-0.2, 0) is 14.3 Å². The van der Waals surface area contributed by atoms with Gasteiger partial charge in [0.2, 0.25) is 0 Å². The van der Waals surface area contributed by atoms with Crippen molar-refractivity contribution in [3.8, 4) is 0 Å². The molecule has 7 heteroatoms. The van der Waals surface area contributed by atoms with E-state index in [0.29, 0.717) is 13.0 Å².